The molecule has 20 heavy (non-hydrogen) atoms. The smallest absolute Gasteiger partial charge is 0.162 e. The lowest BCUT2D eigenvalue weighted by molar-refractivity contribution is -0.134. The largest absolute Gasteiger partial charge is 0.295 e. The average molecular weight is 270 g/mol. The number of rotatable bonds is 0. The molecule has 0 spiro atoms. The lowest BCUT2D eigenvalue weighted by Gasteiger charge is -2.48. The zero-order valence-corrected chi connectivity index (χ0v) is 12.6. The van der Waals surface area contributed by atoms with Crippen molar-refractivity contribution in [3.8, 4) is 0 Å². The van der Waals surface area contributed by atoms with Crippen molar-refractivity contribution < 1.29 is 9.59 Å². The maximum atomic E-state index is 12.6. The highest BCUT2D eigenvalue weighted by molar-refractivity contribution is 6.04. The molecule has 2 unspecified atom stereocenters. The Bertz CT molecular complexity index is 574. The number of Topliss-reactive ketones (excluding diaryl/α,β-unsaturated/α-hetero) is 1. The summed E-state index contributed by atoms with van der Waals surface area (Å²) in [5.74, 6) is 0.376. The van der Waals surface area contributed by atoms with Crippen LogP contribution in [0.25, 0.3) is 0 Å². The fourth-order valence-electron chi connectivity index (χ4n) is 4.16. The Morgan fingerprint density at radius 1 is 1.15 bits per heavy atom. The van der Waals surface area contributed by atoms with Gasteiger partial charge in [-0.15, -0.1) is 0 Å². The van der Waals surface area contributed by atoms with Crippen LogP contribution < -0.4 is 0 Å². The molecule has 0 saturated heterocycles. The van der Waals surface area contributed by atoms with Crippen LogP contribution in [0.5, 0.6) is 0 Å². The fraction of sp³-hybridized carbons (Fsp3) is 0.556. The first-order valence-electron chi connectivity index (χ1n) is 7.45. The lowest BCUT2D eigenvalue weighted by Crippen LogP contribution is -2.49. The molecule has 0 heterocycles. The van der Waals surface area contributed by atoms with Crippen LogP contribution in [-0.2, 0) is 9.59 Å². The number of hydrogen-bond donors (Lipinski definition) is 0. The van der Waals surface area contributed by atoms with Gasteiger partial charge in [-0.2, -0.15) is 0 Å². The molecule has 0 aliphatic heterocycles. The molecule has 0 fully saturated rings. The third-order valence-electron chi connectivity index (χ3n) is 5.47. The van der Waals surface area contributed by atoms with E-state index in [2.05, 4.69) is 26.8 Å². The molecule has 3 aliphatic carbocycles. The lowest BCUT2D eigenvalue weighted by atomic mass is 9.54. The highest BCUT2D eigenvalue weighted by Gasteiger charge is 2.51. The van der Waals surface area contributed by atoms with Crippen molar-refractivity contribution in [2.75, 3.05) is 0 Å². The summed E-state index contributed by atoms with van der Waals surface area (Å²) in [5, 5.41) is 0. The van der Waals surface area contributed by atoms with Gasteiger partial charge in [-0.25, -0.2) is 0 Å². The first-order chi connectivity index (χ1) is 9.33. The summed E-state index contributed by atoms with van der Waals surface area (Å²) in [6, 6.07) is 0. The number of allylic oxidation sites excluding steroid dienone is 6. The van der Waals surface area contributed by atoms with Crippen molar-refractivity contribution >= 4 is 11.6 Å². The summed E-state index contributed by atoms with van der Waals surface area (Å²) in [5.41, 5.74) is 2.06. The van der Waals surface area contributed by atoms with Crippen LogP contribution in [0.3, 0.4) is 0 Å². The summed E-state index contributed by atoms with van der Waals surface area (Å²) in [6.45, 7) is 8.32. The molecule has 4 atom stereocenters. The molecule has 0 bridgehead atoms. The Kier molecular flexibility index (Phi) is 2.89. The molecule has 0 saturated carbocycles. The van der Waals surface area contributed by atoms with Gasteiger partial charge in [0.25, 0.3) is 0 Å². The van der Waals surface area contributed by atoms with E-state index >= 15 is 0 Å². The van der Waals surface area contributed by atoms with E-state index in [1.807, 2.05) is 19.1 Å². The number of ketones is 2. The number of carbonyl (C=O) groups is 2. The van der Waals surface area contributed by atoms with Crippen LogP contribution in [0.4, 0.5) is 0 Å². The van der Waals surface area contributed by atoms with Crippen LogP contribution in [0, 0.1) is 29.1 Å². The highest BCUT2D eigenvalue weighted by atomic mass is 16.1. The van der Waals surface area contributed by atoms with Gasteiger partial charge in [0.1, 0.15) is 0 Å². The minimum atomic E-state index is -0.167. The number of fused-ring (bicyclic) bond motifs is 3. The van der Waals surface area contributed by atoms with E-state index in [0.717, 1.165) is 12.0 Å². The Morgan fingerprint density at radius 3 is 2.55 bits per heavy atom. The third-order valence-corrected chi connectivity index (χ3v) is 5.47. The number of carbonyl (C=O) groups excluding carboxylic acids is 2. The molecule has 0 aromatic rings. The second-order valence-electron chi connectivity index (χ2n) is 7.14. The van der Waals surface area contributed by atoms with Gasteiger partial charge in [0.2, 0.25) is 0 Å². The molecule has 0 aromatic carbocycles. The van der Waals surface area contributed by atoms with E-state index in [-0.39, 0.29) is 40.7 Å². The minimum Gasteiger partial charge on any atom is -0.295 e. The first-order valence-corrected chi connectivity index (χ1v) is 7.45. The van der Waals surface area contributed by atoms with Gasteiger partial charge < -0.3 is 0 Å². The summed E-state index contributed by atoms with van der Waals surface area (Å²) < 4.78 is 0. The van der Waals surface area contributed by atoms with Crippen molar-refractivity contribution in [1.29, 1.82) is 0 Å². The molecule has 106 valence electrons. The van der Waals surface area contributed by atoms with E-state index in [0.29, 0.717) is 0 Å². The van der Waals surface area contributed by atoms with Gasteiger partial charge in [0, 0.05) is 11.8 Å². The molecule has 3 aliphatic rings. The van der Waals surface area contributed by atoms with Crippen LogP contribution in [0.15, 0.2) is 35.5 Å². The molecular formula is C18H22O2. The monoisotopic (exact) mass is 270 g/mol. The van der Waals surface area contributed by atoms with E-state index in [1.54, 1.807) is 6.08 Å². The zero-order valence-electron chi connectivity index (χ0n) is 12.6. The summed E-state index contributed by atoms with van der Waals surface area (Å²) in [6.07, 6.45) is 8.90. The molecule has 2 heteroatoms. The summed E-state index contributed by atoms with van der Waals surface area (Å²) in [4.78, 5) is 25.1. The average Bonchev–Trinajstić information content (AvgIpc) is 2.39. The van der Waals surface area contributed by atoms with Crippen LogP contribution in [0.2, 0.25) is 0 Å². The van der Waals surface area contributed by atoms with Gasteiger partial charge in [-0.1, -0.05) is 37.6 Å². The molecule has 0 aromatic heterocycles. The van der Waals surface area contributed by atoms with Crippen molar-refractivity contribution in [1.82, 2.24) is 0 Å². The predicted molar refractivity (Wildman–Crippen MR) is 79.0 cm³/mol. The minimum absolute atomic E-state index is 0.0554. The Hall–Kier alpha value is -1.44. The Balaban J connectivity index is 2.14. The Morgan fingerprint density at radius 2 is 1.85 bits per heavy atom. The van der Waals surface area contributed by atoms with Crippen LogP contribution >= 0.6 is 0 Å². The van der Waals surface area contributed by atoms with E-state index in [1.165, 1.54) is 5.57 Å². The van der Waals surface area contributed by atoms with E-state index in [9.17, 15) is 9.59 Å². The zero-order chi connectivity index (χ0) is 14.7. The van der Waals surface area contributed by atoms with Crippen molar-refractivity contribution in [3.63, 3.8) is 0 Å². The van der Waals surface area contributed by atoms with Crippen molar-refractivity contribution in [3.05, 3.63) is 35.5 Å². The highest BCUT2D eigenvalue weighted by Crippen LogP contribution is 2.51. The predicted octanol–water partition coefficient (Wildman–Crippen LogP) is 3.50. The van der Waals surface area contributed by atoms with Gasteiger partial charge in [0.15, 0.2) is 11.6 Å². The maximum absolute atomic E-state index is 12.6. The molecular weight excluding hydrogens is 248 g/mol. The SMILES string of the molecule is CC1=CC[C@@H]2C(C)=CC3[C@H](C(=O)C=CC3(C)C)C2C1=O. The quantitative estimate of drug-likeness (QED) is 0.631. The van der Waals surface area contributed by atoms with Gasteiger partial charge >= 0.3 is 0 Å². The molecule has 0 amide bonds. The fourth-order valence-corrected chi connectivity index (χ4v) is 4.16. The van der Waals surface area contributed by atoms with Crippen molar-refractivity contribution in [2.45, 2.75) is 34.1 Å². The second kappa shape index (κ2) is 4.28. The van der Waals surface area contributed by atoms with Crippen LogP contribution in [-0.4, -0.2) is 11.6 Å². The van der Waals surface area contributed by atoms with Crippen LogP contribution in [0.1, 0.15) is 34.1 Å². The second-order valence-corrected chi connectivity index (χ2v) is 7.14. The van der Waals surface area contributed by atoms with Crippen molar-refractivity contribution in [2.24, 2.45) is 29.1 Å². The van der Waals surface area contributed by atoms with Gasteiger partial charge in [-0.3, -0.25) is 9.59 Å². The first kappa shape index (κ1) is 13.5. The van der Waals surface area contributed by atoms with E-state index < -0.39 is 0 Å². The summed E-state index contributed by atoms with van der Waals surface area (Å²) >= 11 is 0. The molecule has 0 radical (unpaired) electrons. The Labute approximate surface area is 120 Å². The van der Waals surface area contributed by atoms with Gasteiger partial charge in [0.05, 0.1) is 0 Å². The molecule has 2 nitrogen and oxygen atoms in total. The van der Waals surface area contributed by atoms with Gasteiger partial charge in [-0.05, 0) is 49.2 Å². The topological polar surface area (TPSA) is 34.1 Å². The summed E-state index contributed by atoms with van der Waals surface area (Å²) in [7, 11) is 0. The normalized spacial score (nSPS) is 38.8. The van der Waals surface area contributed by atoms with E-state index in [4.69, 9.17) is 0 Å². The number of hydrogen-bond acceptors (Lipinski definition) is 2. The standard InChI is InChI=1S/C18H22O2/c1-10-5-6-12-11(2)9-13-16(15(12)17(10)20)14(19)7-8-18(13,3)4/h5,7-9,12-13,15-16H,6H2,1-4H3/t12-,13?,15?,16-/m1/s1. The molecule has 0 N–H and O–H groups in total. The third kappa shape index (κ3) is 1.77. The maximum Gasteiger partial charge on any atom is 0.162 e. The molecule has 3 rings (SSSR count).